The summed E-state index contributed by atoms with van der Waals surface area (Å²) in [6.45, 7) is 12.9. The minimum atomic E-state index is -1.06. The van der Waals surface area contributed by atoms with Gasteiger partial charge in [-0.25, -0.2) is 9.59 Å². The smallest absolute Gasteiger partial charge is 0.408 e. The zero-order valence-corrected chi connectivity index (χ0v) is 15.1. The second kappa shape index (κ2) is 8.90. The third-order valence-corrected chi connectivity index (χ3v) is 4.66. The van der Waals surface area contributed by atoms with E-state index in [0.717, 1.165) is 32.1 Å². The van der Waals surface area contributed by atoms with E-state index in [9.17, 15) is 14.7 Å². The van der Waals surface area contributed by atoms with Crippen LogP contribution in [0.15, 0.2) is 25.3 Å². The first-order valence-corrected chi connectivity index (χ1v) is 8.64. The summed E-state index contributed by atoms with van der Waals surface area (Å²) in [5, 5.41) is 11.8. The normalized spacial score (nSPS) is 24.9. The van der Waals surface area contributed by atoms with Crippen LogP contribution < -0.4 is 5.32 Å². The molecule has 4 atom stereocenters. The lowest BCUT2D eigenvalue weighted by Gasteiger charge is -2.29. The van der Waals surface area contributed by atoms with E-state index in [4.69, 9.17) is 4.74 Å². The number of allylic oxidation sites excluding steroid dienone is 1. The van der Waals surface area contributed by atoms with Gasteiger partial charge in [-0.05, 0) is 43.4 Å². The van der Waals surface area contributed by atoms with Gasteiger partial charge in [-0.3, -0.25) is 0 Å². The van der Waals surface area contributed by atoms with Crippen LogP contribution in [-0.2, 0) is 9.53 Å². The van der Waals surface area contributed by atoms with Crippen LogP contribution in [0.4, 0.5) is 4.79 Å². The molecule has 2 N–H and O–H groups in total. The summed E-state index contributed by atoms with van der Waals surface area (Å²) in [5.41, 5.74) is -0.596. The van der Waals surface area contributed by atoms with Gasteiger partial charge in [-0.1, -0.05) is 32.9 Å². The monoisotopic (exact) mass is 337 g/mol. The highest BCUT2D eigenvalue weighted by molar-refractivity contribution is 5.80. The molecule has 0 aliphatic heterocycles. The average Bonchev–Trinajstić information content (AvgIpc) is 2.85. The summed E-state index contributed by atoms with van der Waals surface area (Å²) in [6.07, 6.45) is 7.70. The third kappa shape index (κ3) is 5.69. The molecule has 0 spiro atoms. The zero-order valence-electron chi connectivity index (χ0n) is 15.1. The Kier molecular flexibility index (Phi) is 7.52. The van der Waals surface area contributed by atoms with Gasteiger partial charge in [0.05, 0.1) is 0 Å². The number of hydrogen-bond acceptors (Lipinski definition) is 3. The van der Waals surface area contributed by atoms with Gasteiger partial charge in [0.2, 0.25) is 0 Å². The molecule has 0 heterocycles. The zero-order chi connectivity index (χ0) is 18.3. The lowest BCUT2D eigenvalue weighted by atomic mass is 9.87. The van der Waals surface area contributed by atoms with Gasteiger partial charge in [0.15, 0.2) is 0 Å². The molecule has 1 saturated carbocycles. The number of hydrogen-bond donors (Lipinski definition) is 2. The summed E-state index contributed by atoms with van der Waals surface area (Å²) in [5.74, 6) is -0.646. The Morgan fingerprint density at radius 1 is 1.33 bits per heavy atom. The highest BCUT2D eigenvalue weighted by atomic mass is 16.6. The number of carboxylic acids is 1. The Hall–Kier alpha value is -1.78. The number of unbranched alkanes of at least 4 members (excludes halogenated alkanes) is 1. The minimum absolute atomic E-state index is 0.127. The fraction of sp³-hybridized carbons (Fsp3) is 0.684. The lowest BCUT2D eigenvalue weighted by Crippen LogP contribution is -2.50. The van der Waals surface area contributed by atoms with Gasteiger partial charge in [0, 0.05) is 5.92 Å². The molecule has 1 fully saturated rings. The molecule has 5 heteroatoms. The summed E-state index contributed by atoms with van der Waals surface area (Å²) in [4.78, 5) is 23.6. The van der Waals surface area contributed by atoms with Crippen LogP contribution in [0.5, 0.6) is 0 Å². The Morgan fingerprint density at radius 2 is 2.00 bits per heavy atom. The molecule has 5 nitrogen and oxygen atoms in total. The lowest BCUT2D eigenvalue weighted by molar-refractivity contribution is -0.142. The van der Waals surface area contributed by atoms with Crippen molar-refractivity contribution in [3.8, 4) is 0 Å². The van der Waals surface area contributed by atoms with Crippen LogP contribution >= 0.6 is 0 Å². The SMILES string of the molecule is C=CCCC[C@@H]1CC[C@@H](C=C)[C@H]1OC(=O)N[C@H](C(=O)O)C(C)(C)C. The standard InChI is InChI=1S/C19H31NO4/c1-6-8-9-10-14-12-11-13(7-2)15(14)24-18(23)20-16(17(21)22)19(3,4)5/h6-7,13-16H,1-2,8-12H2,3-5H3,(H,20,23)(H,21,22)/t13-,14-,15-,16-/m1/s1. The van der Waals surface area contributed by atoms with Crippen molar-refractivity contribution in [3.05, 3.63) is 25.3 Å². The van der Waals surface area contributed by atoms with Crippen molar-refractivity contribution in [1.82, 2.24) is 5.32 Å². The number of alkyl carbamates (subject to hydrolysis) is 1. The molecule has 1 rings (SSSR count). The number of carboxylic acid groups (broad SMARTS) is 1. The maximum absolute atomic E-state index is 12.3. The van der Waals surface area contributed by atoms with Crippen LogP contribution in [0.3, 0.4) is 0 Å². The third-order valence-electron chi connectivity index (χ3n) is 4.66. The van der Waals surface area contributed by atoms with Gasteiger partial charge >= 0.3 is 12.1 Å². The molecule has 0 unspecified atom stereocenters. The van der Waals surface area contributed by atoms with Crippen molar-refractivity contribution in [2.45, 2.75) is 65.0 Å². The minimum Gasteiger partial charge on any atom is -0.480 e. The molecule has 1 aliphatic rings. The molecule has 0 bridgehead atoms. The molecule has 1 aliphatic carbocycles. The molecule has 0 radical (unpaired) electrons. The molecular formula is C19H31NO4. The topological polar surface area (TPSA) is 75.6 Å². The fourth-order valence-electron chi connectivity index (χ4n) is 3.28. The summed E-state index contributed by atoms with van der Waals surface area (Å²) in [7, 11) is 0. The molecular weight excluding hydrogens is 306 g/mol. The maximum atomic E-state index is 12.3. The van der Waals surface area contributed by atoms with Crippen LogP contribution in [0, 0.1) is 17.3 Å². The van der Waals surface area contributed by atoms with Crippen molar-refractivity contribution in [3.63, 3.8) is 0 Å². The number of amides is 1. The van der Waals surface area contributed by atoms with Gasteiger partial charge < -0.3 is 15.2 Å². The van der Waals surface area contributed by atoms with Gasteiger partial charge in [-0.15, -0.1) is 13.2 Å². The fourth-order valence-corrected chi connectivity index (χ4v) is 3.28. The van der Waals surface area contributed by atoms with Crippen LogP contribution in [0.1, 0.15) is 52.9 Å². The van der Waals surface area contributed by atoms with Crippen LogP contribution in [0.2, 0.25) is 0 Å². The molecule has 0 aromatic rings. The van der Waals surface area contributed by atoms with Crippen molar-refractivity contribution >= 4 is 12.1 Å². The van der Waals surface area contributed by atoms with E-state index in [1.165, 1.54) is 0 Å². The Morgan fingerprint density at radius 3 is 2.50 bits per heavy atom. The number of carbonyl (C=O) groups excluding carboxylic acids is 1. The molecule has 0 saturated heterocycles. The van der Waals surface area contributed by atoms with Gasteiger partial charge in [-0.2, -0.15) is 0 Å². The predicted molar refractivity (Wildman–Crippen MR) is 94.7 cm³/mol. The van der Waals surface area contributed by atoms with Gasteiger partial charge in [0.25, 0.3) is 0 Å². The second-order valence-corrected chi connectivity index (χ2v) is 7.61. The van der Waals surface area contributed by atoms with E-state index in [-0.39, 0.29) is 17.9 Å². The van der Waals surface area contributed by atoms with E-state index < -0.39 is 23.5 Å². The first-order valence-electron chi connectivity index (χ1n) is 8.64. The van der Waals surface area contributed by atoms with Crippen molar-refractivity contribution in [2.75, 3.05) is 0 Å². The number of rotatable bonds is 8. The highest BCUT2D eigenvalue weighted by Gasteiger charge is 2.39. The van der Waals surface area contributed by atoms with E-state index in [1.54, 1.807) is 20.8 Å². The summed E-state index contributed by atoms with van der Waals surface area (Å²) in [6, 6.07) is -0.993. The van der Waals surface area contributed by atoms with Crippen LogP contribution in [0.25, 0.3) is 0 Å². The summed E-state index contributed by atoms with van der Waals surface area (Å²) >= 11 is 0. The highest BCUT2D eigenvalue weighted by Crippen LogP contribution is 2.37. The number of nitrogens with one attached hydrogen (secondary N) is 1. The number of ether oxygens (including phenoxy) is 1. The van der Waals surface area contributed by atoms with E-state index in [0.29, 0.717) is 0 Å². The second-order valence-electron chi connectivity index (χ2n) is 7.61. The first-order chi connectivity index (χ1) is 11.2. The summed E-state index contributed by atoms with van der Waals surface area (Å²) < 4.78 is 5.62. The molecule has 0 aromatic carbocycles. The Bertz CT molecular complexity index is 466. The number of aliphatic carboxylic acids is 1. The molecule has 136 valence electrons. The van der Waals surface area contributed by atoms with E-state index >= 15 is 0 Å². The number of carbonyl (C=O) groups is 2. The predicted octanol–water partition coefficient (Wildman–Crippen LogP) is 4.15. The van der Waals surface area contributed by atoms with Crippen molar-refractivity contribution in [1.29, 1.82) is 0 Å². The Labute approximate surface area is 145 Å². The van der Waals surface area contributed by atoms with E-state index in [1.807, 2.05) is 12.2 Å². The molecule has 1 amide bonds. The van der Waals surface area contributed by atoms with Gasteiger partial charge in [0.1, 0.15) is 12.1 Å². The van der Waals surface area contributed by atoms with Crippen LogP contribution in [-0.4, -0.2) is 29.3 Å². The van der Waals surface area contributed by atoms with E-state index in [2.05, 4.69) is 18.5 Å². The molecule has 24 heavy (non-hydrogen) atoms. The Balaban J connectivity index is 2.71. The van der Waals surface area contributed by atoms with Crippen molar-refractivity contribution < 1.29 is 19.4 Å². The average molecular weight is 337 g/mol. The largest absolute Gasteiger partial charge is 0.480 e. The maximum Gasteiger partial charge on any atom is 0.408 e. The molecule has 0 aromatic heterocycles. The quantitative estimate of drug-likeness (QED) is 0.515. The van der Waals surface area contributed by atoms with Crippen molar-refractivity contribution in [2.24, 2.45) is 17.3 Å². The first kappa shape index (κ1) is 20.3.